The second-order valence-electron chi connectivity index (χ2n) is 16.1. The van der Waals surface area contributed by atoms with Gasteiger partial charge in [0.2, 0.25) is 11.8 Å². The SMILES string of the molecule is COC(=O)NC(C(=O)N1CCC[C@H]1c1ncc(-c2ccc(-c3ccc(-c4cnc([C@H]5[C@H](C(=O)N[C@@H](C)c6cccnc6)[C@@H]6CC6[C@H]5C)[nH]4)cc3)cc2)[nH]1)C(C)C. The van der Waals surface area contributed by atoms with Gasteiger partial charge in [-0.05, 0) is 83.7 Å². The highest BCUT2D eigenvalue weighted by atomic mass is 16.5. The molecule has 12 heteroatoms. The Morgan fingerprint density at radius 1 is 0.821 bits per heavy atom. The van der Waals surface area contributed by atoms with Gasteiger partial charge in [-0.25, -0.2) is 14.8 Å². The number of carbonyl (C=O) groups is 3. The Bertz CT molecular complexity index is 2180. The fourth-order valence-electron chi connectivity index (χ4n) is 9.10. The van der Waals surface area contributed by atoms with Crippen molar-refractivity contribution < 1.29 is 19.1 Å². The van der Waals surface area contributed by atoms with Gasteiger partial charge in [-0.15, -0.1) is 0 Å². The highest BCUT2D eigenvalue weighted by Crippen LogP contribution is 2.64. The molecule has 0 bridgehead atoms. The van der Waals surface area contributed by atoms with Gasteiger partial charge in [-0.1, -0.05) is 75.4 Å². The van der Waals surface area contributed by atoms with Crippen molar-refractivity contribution >= 4 is 17.9 Å². The molecular formula is C44H50N8O4. The smallest absolute Gasteiger partial charge is 0.407 e. The number of methoxy groups -OCH3 is 1. The number of alkyl carbamates (subject to hydrolysis) is 1. The Kier molecular flexibility index (Phi) is 10.2. The quantitative estimate of drug-likeness (QED) is 0.109. The molecule has 4 N–H and O–H groups in total. The first kappa shape index (κ1) is 37.2. The molecule has 2 aliphatic carbocycles. The molecule has 8 rings (SSSR count). The van der Waals surface area contributed by atoms with E-state index in [2.05, 4.69) is 86.0 Å². The third kappa shape index (κ3) is 7.20. The monoisotopic (exact) mass is 754 g/mol. The molecule has 290 valence electrons. The van der Waals surface area contributed by atoms with Crippen LogP contribution in [-0.2, 0) is 14.3 Å². The lowest BCUT2D eigenvalue weighted by Gasteiger charge is -2.30. The summed E-state index contributed by atoms with van der Waals surface area (Å²) in [6.07, 6.45) is 9.41. The molecule has 4 heterocycles. The summed E-state index contributed by atoms with van der Waals surface area (Å²) in [5, 5.41) is 5.97. The van der Waals surface area contributed by atoms with Crippen LogP contribution in [0.1, 0.15) is 82.2 Å². The zero-order valence-electron chi connectivity index (χ0n) is 32.5. The lowest BCUT2D eigenvalue weighted by Crippen LogP contribution is -2.51. The van der Waals surface area contributed by atoms with E-state index in [9.17, 15) is 14.4 Å². The number of nitrogens with one attached hydrogen (secondary N) is 4. The van der Waals surface area contributed by atoms with Gasteiger partial charge in [-0.2, -0.15) is 0 Å². The van der Waals surface area contributed by atoms with Crippen LogP contribution < -0.4 is 10.6 Å². The molecule has 3 aromatic heterocycles. The number of pyridine rings is 1. The minimum Gasteiger partial charge on any atom is -0.453 e. The standard InChI is InChI=1S/C44H50N8O4/c1-24(2)39(51-44(55)56-5)43(54)52-19-7-9-36(52)40-46-22-34(49-40)29-14-10-27(11-15-29)28-12-16-30(17-13-28)35-23-47-41(50-35)37-25(3)32-20-33(32)38(37)42(53)48-26(4)31-8-6-18-45-21-31/h6,8,10-18,21-26,32-33,36-39H,7,9,19-20H2,1-5H3,(H,46,49)(H,47,50)(H,48,53)(H,51,55)/t25-,26+,32?,33-,36+,37-,38-,39?/m1/s1. The van der Waals surface area contributed by atoms with E-state index in [4.69, 9.17) is 9.72 Å². The summed E-state index contributed by atoms with van der Waals surface area (Å²) in [6, 6.07) is 19.7. The van der Waals surface area contributed by atoms with Crippen LogP contribution in [0.4, 0.5) is 4.79 Å². The summed E-state index contributed by atoms with van der Waals surface area (Å²) in [7, 11) is 1.30. The molecule has 12 nitrogen and oxygen atoms in total. The predicted octanol–water partition coefficient (Wildman–Crippen LogP) is 7.44. The van der Waals surface area contributed by atoms with Crippen molar-refractivity contribution in [3.63, 3.8) is 0 Å². The van der Waals surface area contributed by atoms with Crippen LogP contribution in [0.5, 0.6) is 0 Å². The van der Waals surface area contributed by atoms with Gasteiger partial charge >= 0.3 is 6.09 Å². The van der Waals surface area contributed by atoms with Crippen molar-refractivity contribution in [2.45, 2.75) is 71.0 Å². The summed E-state index contributed by atoms with van der Waals surface area (Å²) in [4.78, 5) is 61.8. The van der Waals surface area contributed by atoms with Crippen LogP contribution in [-0.4, -0.2) is 67.4 Å². The number of aromatic nitrogens is 5. The van der Waals surface area contributed by atoms with Crippen molar-refractivity contribution in [1.29, 1.82) is 0 Å². The fourth-order valence-corrected chi connectivity index (χ4v) is 9.10. The maximum absolute atomic E-state index is 13.7. The number of carbonyl (C=O) groups excluding carboxylic acids is 3. The van der Waals surface area contributed by atoms with Crippen LogP contribution in [0, 0.1) is 29.6 Å². The average Bonchev–Trinajstić information content (AvgIpc) is 3.66. The van der Waals surface area contributed by atoms with E-state index >= 15 is 0 Å². The Hall–Kier alpha value is -5.78. The molecule has 0 radical (unpaired) electrons. The molecule has 0 spiro atoms. The Labute approximate surface area is 327 Å². The van der Waals surface area contributed by atoms with Crippen molar-refractivity contribution in [3.8, 4) is 33.6 Å². The maximum Gasteiger partial charge on any atom is 0.407 e. The van der Waals surface area contributed by atoms with Crippen LogP contribution in [0.2, 0.25) is 0 Å². The summed E-state index contributed by atoms with van der Waals surface area (Å²) < 4.78 is 4.76. The first-order chi connectivity index (χ1) is 27.1. The van der Waals surface area contributed by atoms with Gasteiger partial charge in [0.15, 0.2) is 0 Å². The fraction of sp³-hybridized carbons (Fsp3) is 0.409. The van der Waals surface area contributed by atoms with E-state index < -0.39 is 12.1 Å². The van der Waals surface area contributed by atoms with E-state index in [1.807, 2.05) is 56.4 Å². The highest BCUT2D eigenvalue weighted by molar-refractivity contribution is 5.86. The second-order valence-corrected chi connectivity index (χ2v) is 16.1. The number of aromatic amines is 2. The van der Waals surface area contributed by atoms with Crippen molar-refractivity contribution in [1.82, 2.24) is 40.5 Å². The third-order valence-corrected chi connectivity index (χ3v) is 12.3. The van der Waals surface area contributed by atoms with Crippen molar-refractivity contribution in [2.24, 2.45) is 29.6 Å². The largest absolute Gasteiger partial charge is 0.453 e. The minimum absolute atomic E-state index is 0.0458. The molecule has 2 saturated carbocycles. The Morgan fingerprint density at radius 3 is 2.05 bits per heavy atom. The van der Waals surface area contributed by atoms with E-state index in [1.54, 1.807) is 6.20 Å². The first-order valence-corrected chi connectivity index (χ1v) is 19.8. The minimum atomic E-state index is -0.678. The van der Waals surface area contributed by atoms with Crippen LogP contribution in [0.25, 0.3) is 33.6 Å². The molecule has 1 aliphatic heterocycles. The van der Waals surface area contributed by atoms with Gasteiger partial charge in [0, 0.05) is 24.9 Å². The number of amides is 3. The van der Waals surface area contributed by atoms with Crippen molar-refractivity contribution in [3.05, 3.63) is 103 Å². The molecule has 8 atom stereocenters. The van der Waals surface area contributed by atoms with Crippen LogP contribution in [0.3, 0.4) is 0 Å². The van der Waals surface area contributed by atoms with E-state index in [1.165, 1.54) is 7.11 Å². The zero-order chi connectivity index (χ0) is 39.1. The van der Waals surface area contributed by atoms with Gasteiger partial charge in [-0.3, -0.25) is 14.6 Å². The normalized spacial score (nSPS) is 23.7. The van der Waals surface area contributed by atoms with Gasteiger partial charge in [0.25, 0.3) is 0 Å². The molecule has 5 aromatic rings. The average molecular weight is 755 g/mol. The van der Waals surface area contributed by atoms with E-state index in [0.29, 0.717) is 24.3 Å². The lowest BCUT2D eigenvalue weighted by atomic mass is 9.83. The summed E-state index contributed by atoms with van der Waals surface area (Å²) in [5.74, 6) is 2.78. The number of hydrogen-bond donors (Lipinski definition) is 4. The molecule has 56 heavy (non-hydrogen) atoms. The lowest BCUT2D eigenvalue weighted by molar-refractivity contribution is -0.135. The first-order valence-electron chi connectivity index (χ1n) is 19.8. The van der Waals surface area contributed by atoms with Crippen molar-refractivity contribution in [2.75, 3.05) is 13.7 Å². The van der Waals surface area contributed by atoms with Gasteiger partial charge in [0.05, 0.1) is 48.9 Å². The number of nitrogens with zero attached hydrogens (tertiary/aromatic N) is 4. The summed E-state index contributed by atoms with van der Waals surface area (Å²) in [6.45, 7) is 8.70. The molecule has 3 aliphatic rings. The van der Waals surface area contributed by atoms with Gasteiger partial charge < -0.3 is 30.2 Å². The Morgan fingerprint density at radius 2 is 1.45 bits per heavy atom. The van der Waals surface area contributed by atoms with E-state index in [0.717, 1.165) is 70.1 Å². The number of benzene rings is 2. The number of ether oxygens (including phenoxy) is 1. The Balaban J connectivity index is 0.922. The van der Waals surface area contributed by atoms with Crippen LogP contribution in [0.15, 0.2) is 85.5 Å². The maximum atomic E-state index is 13.7. The highest BCUT2D eigenvalue weighted by Gasteiger charge is 2.61. The number of rotatable bonds is 11. The number of H-pyrrole nitrogens is 2. The molecule has 2 aromatic carbocycles. The predicted molar refractivity (Wildman–Crippen MR) is 213 cm³/mol. The summed E-state index contributed by atoms with van der Waals surface area (Å²) >= 11 is 0. The third-order valence-electron chi connectivity index (χ3n) is 12.3. The molecule has 2 unspecified atom stereocenters. The molecule has 1 saturated heterocycles. The number of hydrogen-bond acceptors (Lipinski definition) is 7. The van der Waals surface area contributed by atoms with Crippen LogP contribution >= 0.6 is 0 Å². The number of imidazole rings is 2. The second kappa shape index (κ2) is 15.4. The van der Waals surface area contributed by atoms with Gasteiger partial charge in [0.1, 0.15) is 17.7 Å². The zero-order valence-corrected chi connectivity index (χ0v) is 32.5. The van der Waals surface area contributed by atoms with E-state index in [-0.39, 0.29) is 41.7 Å². The topological polar surface area (TPSA) is 158 Å². The number of fused-ring (bicyclic) bond motifs is 1. The molecule has 3 fully saturated rings. The summed E-state index contributed by atoms with van der Waals surface area (Å²) in [5.41, 5.74) is 7.03. The molecule has 3 amide bonds. The molecular weight excluding hydrogens is 705 g/mol. The number of likely N-dealkylation sites (tertiary alicyclic amines) is 1.